The first-order valence-corrected chi connectivity index (χ1v) is 17.1. The second kappa shape index (κ2) is 10.5. The molecule has 2 fully saturated rings. The second-order valence-corrected chi connectivity index (χ2v) is 15.4. The molecular weight excluding hydrogens is 638 g/mol. The number of primary sulfonamides is 1. The van der Waals surface area contributed by atoms with E-state index in [1.165, 1.54) is 46.8 Å². The van der Waals surface area contributed by atoms with Crippen molar-refractivity contribution >= 4 is 37.3 Å². The molecule has 1 spiro atoms. The molecule has 240 valence electrons. The van der Waals surface area contributed by atoms with E-state index in [2.05, 4.69) is 5.32 Å². The van der Waals surface area contributed by atoms with Gasteiger partial charge in [-0.15, -0.1) is 0 Å². The van der Waals surface area contributed by atoms with Crippen LogP contribution in [0.15, 0.2) is 76.5 Å². The van der Waals surface area contributed by atoms with Gasteiger partial charge in [-0.25, -0.2) is 26.4 Å². The molecule has 2 saturated carbocycles. The molecule has 2 aliphatic carbocycles. The van der Waals surface area contributed by atoms with Crippen molar-refractivity contribution in [2.75, 3.05) is 9.62 Å². The quantitative estimate of drug-likeness (QED) is 0.322. The van der Waals surface area contributed by atoms with Crippen molar-refractivity contribution in [2.24, 2.45) is 11.1 Å². The number of fused-ring (bicyclic) bond motifs is 2. The van der Waals surface area contributed by atoms with E-state index in [-0.39, 0.29) is 45.5 Å². The van der Waals surface area contributed by atoms with E-state index in [0.717, 1.165) is 24.3 Å². The van der Waals surface area contributed by atoms with Crippen LogP contribution in [-0.4, -0.2) is 45.7 Å². The maximum absolute atomic E-state index is 14.2. The molecular formula is C30H29F4N3O6S2. The maximum Gasteiger partial charge on any atom is 0.417 e. The normalized spacial score (nSPS) is 25.3. The fraction of sp³-hybridized carbons (Fsp3) is 0.367. The number of hydrogen-bond acceptors (Lipinski definition) is 6. The fourth-order valence-corrected chi connectivity index (χ4v) is 9.13. The molecule has 6 rings (SSSR count). The Bertz CT molecular complexity index is 1890. The van der Waals surface area contributed by atoms with E-state index in [1.54, 1.807) is 0 Å². The number of nitrogens with two attached hydrogens (primary N) is 1. The molecule has 45 heavy (non-hydrogen) atoms. The number of carbonyl (C=O) groups is 1. The van der Waals surface area contributed by atoms with Gasteiger partial charge >= 0.3 is 6.18 Å². The topological polar surface area (TPSA) is 147 Å². The van der Waals surface area contributed by atoms with Gasteiger partial charge in [0.25, 0.3) is 15.9 Å². The Morgan fingerprint density at radius 3 is 2.13 bits per heavy atom. The van der Waals surface area contributed by atoms with Gasteiger partial charge < -0.3 is 10.4 Å². The Morgan fingerprint density at radius 1 is 0.911 bits per heavy atom. The molecule has 0 bridgehead atoms. The Balaban J connectivity index is 1.45. The first-order valence-electron chi connectivity index (χ1n) is 14.1. The highest BCUT2D eigenvalue weighted by Crippen LogP contribution is 2.62. The molecule has 0 aromatic heterocycles. The molecule has 1 heterocycles. The lowest BCUT2D eigenvalue weighted by Gasteiger charge is -2.47. The summed E-state index contributed by atoms with van der Waals surface area (Å²) in [4.78, 5) is 13.0. The molecule has 0 saturated heterocycles. The summed E-state index contributed by atoms with van der Waals surface area (Å²) in [6.45, 7) is 0. The highest BCUT2D eigenvalue weighted by molar-refractivity contribution is 7.93. The number of alkyl halides is 3. The average Bonchev–Trinajstić information content (AvgIpc) is 3.77. The lowest BCUT2D eigenvalue weighted by molar-refractivity contribution is -0.273. The summed E-state index contributed by atoms with van der Waals surface area (Å²) < 4.78 is 108. The van der Waals surface area contributed by atoms with Crippen LogP contribution in [0.5, 0.6) is 0 Å². The van der Waals surface area contributed by atoms with E-state index >= 15 is 0 Å². The molecule has 1 amide bonds. The molecule has 3 aromatic rings. The SMILES string of the molecule is NS(=O)(=O)c1cccc(NC(=O)c2ccc3c(c2)C2(CCC(O)(C(F)(F)F)CC2)C(C2CC2)N3S(=O)(=O)c2ccc(F)cc2)c1. The number of carbonyl (C=O) groups excluding carboxylic acids is 1. The van der Waals surface area contributed by atoms with Crippen LogP contribution in [0, 0.1) is 11.7 Å². The lowest BCUT2D eigenvalue weighted by atomic mass is 9.61. The minimum atomic E-state index is -4.89. The molecule has 1 unspecified atom stereocenters. The second-order valence-electron chi connectivity index (χ2n) is 12.0. The van der Waals surface area contributed by atoms with E-state index in [0.29, 0.717) is 18.4 Å². The number of nitrogens with one attached hydrogen (secondary N) is 1. The third kappa shape index (κ3) is 5.38. The van der Waals surface area contributed by atoms with Crippen molar-refractivity contribution in [1.82, 2.24) is 0 Å². The number of nitrogens with zero attached hydrogens (tertiary/aromatic N) is 1. The minimum absolute atomic E-state index is 0.0568. The van der Waals surface area contributed by atoms with Gasteiger partial charge in [0.1, 0.15) is 5.82 Å². The third-order valence-electron chi connectivity index (χ3n) is 9.21. The fourth-order valence-electron chi connectivity index (χ4n) is 6.77. The summed E-state index contributed by atoms with van der Waals surface area (Å²) in [7, 11) is -8.40. The first kappa shape index (κ1) is 31.5. The van der Waals surface area contributed by atoms with E-state index in [4.69, 9.17) is 5.14 Å². The summed E-state index contributed by atoms with van der Waals surface area (Å²) in [5.41, 5.74) is -3.38. The van der Waals surface area contributed by atoms with Gasteiger partial charge in [-0.3, -0.25) is 9.10 Å². The van der Waals surface area contributed by atoms with E-state index in [1.807, 2.05) is 0 Å². The third-order valence-corrected chi connectivity index (χ3v) is 11.9. The number of sulfonamides is 2. The molecule has 3 aromatic carbocycles. The van der Waals surface area contributed by atoms with E-state index in [9.17, 15) is 44.3 Å². The number of amides is 1. The molecule has 15 heteroatoms. The van der Waals surface area contributed by atoms with Crippen LogP contribution < -0.4 is 14.8 Å². The summed E-state index contributed by atoms with van der Waals surface area (Å²) in [6.07, 6.45) is -5.36. The number of anilines is 2. The largest absolute Gasteiger partial charge is 0.417 e. The first-order chi connectivity index (χ1) is 21.0. The number of hydrogen-bond donors (Lipinski definition) is 3. The lowest BCUT2D eigenvalue weighted by Crippen LogP contribution is -2.56. The van der Waals surface area contributed by atoms with Crippen LogP contribution in [0.25, 0.3) is 0 Å². The Morgan fingerprint density at radius 2 is 1.56 bits per heavy atom. The average molecular weight is 668 g/mol. The van der Waals surface area contributed by atoms with Crippen molar-refractivity contribution in [1.29, 1.82) is 0 Å². The van der Waals surface area contributed by atoms with Crippen molar-refractivity contribution < 1.29 is 44.3 Å². The van der Waals surface area contributed by atoms with Gasteiger partial charge in [-0.1, -0.05) is 6.07 Å². The van der Waals surface area contributed by atoms with Crippen molar-refractivity contribution in [2.45, 2.75) is 71.6 Å². The van der Waals surface area contributed by atoms with Crippen LogP contribution in [0.4, 0.5) is 28.9 Å². The number of aliphatic hydroxyl groups is 1. The highest BCUT2D eigenvalue weighted by atomic mass is 32.2. The van der Waals surface area contributed by atoms with Crippen LogP contribution in [-0.2, 0) is 25.5 Å². The van der Waals surface area contributed by atoms with Crippen molar-refractivity contribution in [3.63, 3.8) is 0 Å². The van der Waals surface area contributed by atoms with Crippen LogP contribution in [0.3, 0.4) is 0 Å². The molecule has 4 N–H and O–H groups in total. The molecule has 0 radical (unpaired) electrons. The minimum Gasteiger partial charge on any atom is -0.380 e. The monoisotopic (exact) mass is 667 g/mol. The van der Waals surface area contributed by atoms with Crippen molar-refractivity contribution in [3.05, 3.63) is 83.7 Å². The van der Waals surface area contributed by atoms with Crippen LogP contribution in [0.2, 0.25) is 0 Å². The van der Waals surface area contributed by atoms with Gasteiger partial charge in [0, 0.05) is 16.7 Å². The Kier molecular flexibility index (Phi) is 7.34. The number of benzene rings is 3. The molecule has 1 aliphatic heterocycles. The van der Waals surface area contributed by atoms with Crippen molar-refractivity contribution in [3.8, 4) is 0 Å². The van der Waals surface area contributed by atoms with Gasteiger partial charge in [-0.2, -0.15) is 13.2 Å². The van der Waals surface area contributed by atoms with Crippen LogP contribution >= 0.6 is 0 Å². The Labute approximate surface area is 257 Å². The predicted molar refractivity (Wildman–Crippen MR) is 156 cm³/mol. The molecule has 1 atom stereocenters. The van der Waals surface area contributed by atoms with Gasteiger partial charge in [0.15, 0.2) is 5.60 Å². The van der Waals surface area contributed by atoms with Gasteiger partial charge in [-0.05, 0) is 111 Å². The molecule has 9 nitrogen and oxygen atoms in total. The zero-order valence-corrected chi connectivity index (χ0v) is 25.2. The summed E-state index contributed by atoms with van der Waals surface area (Å²) in [6, 6.07) is 13.0. The summed E-state index contributed by atoms with van der Waals surface area (Å²) >= 11 is 0. The Hall–Kier alpha value is -3.53. The smallest absolute Gasteiger partial charge is 0.380 e. The molecule has 3 aliphatic rings. The number of rotatable bonds is 6. The highest BCUT2D eigenvalue weighted by Gasteiger charge is 2.65. The summed E-state index contributed by atoms with van der Waals surface area (Å²) in [5, 5.41) is 18.3. The maximum atomic E-state index is 14.2. The predicted octanol–water partition coefficient (Wildman–Crippen LogP) is 4.82. The van der Waals surface area contributed by atoms with Gasteiger partial charge in [0.2, 0.25) is 10.0 Å². The van der Waals surface area contributed by atoms with E-state index < -0.39 is 67.8 Å². The number of halogens is 4. The zero-order valence-electron chi connectivity index (χ0n) is 23.6. The van der Waals surface area contributed by atoms with Crippen LogP contribution in [0.1, 0.15) is 54.4 Å². The standard InChI is InChI=1S/C30H29F4N3O6S2/c31-20-7-9-22(10-8-20)45(42,43)37-25-11-6-19(27(38)36-21-2-1-3-23(17-21)44(35,40)41)16-24(25)28(26(37)18-4-5-18)12-14-29(39,15-13-28)30(32,33)34/h1-3,6-11,16-18,26,39H,4-5,12-15H2,(H,36,38)(H2,35,40,41). The zero-order chi connectivity index (χ0) is 32.6. The van der Waals surface area contributed by atoms with Gasteiger partial charge in [0.05, 0.1) is 21.5 Å². The summed E-state index contributed by atoms with van der Waals surface area (Å²) in [5.74, 6) is -1.51.